The van der Waals surface area contributed by atoms with E-state index in [-0.39, 0.29) is 12.1 Å². The highest BCUT2D eigenvalue weighted by Gasteiger charge is 2.18. The molecule has 2 heterocycles. The van der Waals surface area contributed by atoms with Gasteiger partial charge < -0.3 is 5.73 Å². The molecule has 0 aliphatic rings. The second-order valence-electron chi connectivity index (χ2n) is 5.55. The number of nitrogens with two attached hydrogens (primary N) is 1. The minimum atomic E-state index is -0.196. The molecule has 6 heteroatoms. The molecule has 21 heavy (non-hydrogen) atoms. The summed E-state index contributed by atoms with van der Waals surface area (Å²) in [6, 6.07) is 8.21. The van der Waals surface area contributed by atoms with Crippen LogP contribution < -0.4 is 5.73 Å². The van der Waals surface area contributed by atoms with Gasteiger partial charge in [-0.05, 0) is 19.9 Å². The van der Waals surface area contributed by atoms with Gasteiger partial charge in [-0.3, -0.25) is 4.68 Å². The number of aryl methyl sites for hydroxylation is 1. The third-order valence-electron chi connectivity index (χ3n) is 3.68. The highest BCUT2D eigenvalue weighted by atomic mass is 15.3. The first-order valence-corrected chi connectivity index (χ1v) is 7.13. The average Bonchev–Trinajstić information content (AvgIpc) is 3.04. The summed E-state index contributed by atoms with van der Waals surface area (Å²) >= 11 is 0. The summed E-state index contributed by atoms with van der Waals surface area (Å²) in [7, 11) is 1.94. The van der Waals surface area contributed by atoms with Gasteiger partial charge in [0.2, 0.25) is 0 Å². The molecular formula is C15H20N6. The predicted octanol–water partition coefficient (Wildman–Crippen LogP) is 1.99. The molecule has 1 unspecified atom stereocenters. The summed E-state index contributed by atoms with van der Waals surface area (Å²) in [5.74, 6) is 0.896. The summed E-state index contributed by atoms with van der Waals surface area (Å²) in [6.45, 7) is 4.17. The number of aromatic nitrogens is 5. The third-order valence-corrected chi connectivity index (χ3v) is 3.68. The maximum Gasteiger partial charge on any atom is 0.138 e. The molecule has 2 aromatic heterocycles. The van der Waals surface area contributed by atoms with Crippen LogP contribution in [0.15, 0.2) is 30.6 Å². The molecule has 3 aromatic rings. The fourth-order valence-corrected chi connectivity index (χ4v) is 2.66. The van der Waals surface area contributed by atoms with Crippen molar-refractivity contribution in [2.75, 3.05) is 0 Å². The van der Waals surface area contributed by atoms with Crippen LogP contribution in [0.5, 0.6) is 0 Å². The average molecular weight is 284 g/mol. The Kier molecular flexibility index (Phi) is 3.47. The van der Waals surface area contributed by atoms with Crippen LogP contribution in [-0.2, 0) is 13.5 Å². The predicted molar refractivity (Wildman–Crippen MR) is 81.8 cm³/mol. The summed E-state index contributed by atoms with van der Waals surface area (Å²) < 4.78 is 3.78. The second kappa shape index (κ2) is 5.29. The van der Waals surface area contributed by atoms with E-state index in [9.17, 15) is 0 Å². The summed E-state index contributed by atoms with van der Waals surface area (Å²) in [5, 5.41) is 9.93. The Bertz CT molecular complexity index is 754. The molecule has 0 amide bonds. The molecule has 0 saturated carbocycles. The number of benzene rings is 1. The fourth-order valence-electron chi connectivity index (χ4n) is 2.66. The van der Waals surface area contributed by atoms with Gasteiger partial charge in [0.15, 0.2) is 0 Å². The molecule has 3 rings (SSSR count). The molecule has 1 aromatic carbocycles. The molecule has 2 N–H and O–H groups in total. The smallest absolute Gasteiger partial charge is 0.138 e. The zero-order valence-electron chi connectivity index (χ0n) is 12.6. The number of rotatable bonds is 4. The van der Waals surface area contributed by atoms with Gasteiger partial charge in [-0.15, -0.1) is 0 Å². The quantitative estimate of drug-likeness (QED) is 0.795. The summed E-state index contributed by atoms with van der Waals surface area (Å²) in [4.78, 5) is 4.33. The van der Waals surface area contributed by atoms with Crippen molar-refractivity contribution in [3.8, 4) is 0 Å². The number of nitrogens with zero attached hydrogens (tertiary/aromatic N) is 5. The van der Waals surface area contributed by atoms with Gasteiger partial charge in [0, 0.05) is 24.9 Å². The standard InChI is InChI=1S/C15H20N6/c1-10(2)21-14(17-9-18-21)8-12(16)15-11-6-4-5-7-13(11)20(3)19-15/h4-7,9-10,12H,8,16H2,1-3H3. The maximum atomic E-state index is 6.38. The lowest BCUT2D eigenvalue weighted by Gasteiger charge is -2.12. The van der Waals surface area contributed by atoms with E-state index in [4.69, 9.17) is 5.73 Å². The molecule has 0 bridgehead atoms. The van der Waals surface area contributed by atoms with Crippen LogP contribution in [0.2, 0.25) is 0 Å². The number of para-hydroxylation sites is 1. The van der Waals surface area contributed by atoms with Gasteiger partial charge in [-0.1, -0.05) is 18.2 Å². The molecule has 0 aliphatic heterocycles. The van der Waals surface area contributed by atoms with Gasteiger partial charge in [0.05, 0.1) is 17.3 Å². The van der Waals surface area contributed by atoms with Crippen LogP contribution in [0, 0.1) is 0 Å². The zero-order chi connectivity index (χ0) is 15.0. The molecule has 0 radical (unpaired) electrons. The van der Waals surface area contributed by atoms with Crippen LogP contribution in [0.25, 0.3) is 10.9 Å². The number of hydrogen-bond donors (Lipinski definition) is 1. The van der Waals surface area contributed by atoms with E-state index in [1.807, 2.05) is 28.5 Å². The Morgan fingerprint density at radius 3 is 2.76 bits per heavy atom. The molecule has 6 nitrogen and oxygen atoms in total. The van der Waals surface area contributed by atoms with Crippen molar-refractivity contribution in [3.63, 3.8) is 0 Å². The van der Waals surface area contributed by atoms with Crippen molar-refractivity contribution >= 4 is 10.9 Å². The van der Waals surface area contributed by atoms with Crippen molar-refractivity contribution in [1.82, 2.24) is 24.5 Å². The lowest BCUT2D eigenvalue weighted by atomic mass is 10.1. The minimum Gasteiger partial charge on any atom is -0.322 e. The topological polar surface area (TPSA) is 74.6 Å². The first-order valence-electron chi connectivity index (χ1n) is 7.13. The molecule has 0 spiro atoms. The zero-order valence-corrected chi connectivity index (χ0v) is 12.6. The van der Waals surface area contributed by atoms with E-state index in [0.29, 0.717) is 6.42 Å². The molecule has 0 fully saturated rings. The molecule has 0 aliphatic carbocycles. The monoisotopic (exact) mass is 284 g/mol. The van der Waals surface area contributed by atoms with E-state index in [1.165, 1.54) is 0 Å². The van der Waals surface area contributed by atoms with Gasteiger partial charge in [0.1, 0.15) is 12.2 Å². The van der Waals surface area contributed by atoms with Crippen LogP contribution in [0.1, 0.15) is 37.4 Å². The highest BCUT2D eigenvalue weighted by Crippen LogP contribution is 2.24. The van der Waals surface area contributed by atoms with E-state index in [1.54, 1.807) is 6.33 Å². The Morgan fingerprint density at radius 1 is 1.24 bits per heavy atom. The molecular weight excluding hydrogens is 264 g/mol. The third kappa shape index (κ3) is 2.42. The largest absolute Gasteiger partial charge is 0.322 e. The van der Waals surface area contributed by atoms with Gasteiger partial charge in [-0.25, -0.2) is 9.67 Å². The maximum absolute atomic E-state index is 6.38. The Balaban J connectivity index is 1.94. The van der Waals surface area contributed by atoms with Gasteiger partial charge in [-0.2, -0.15) is 10.2 Å². The van der Waals surface area contributed by atoms with Crippen molar-refractivity contribution in [2.24, 2.45) is 12.8 Å². The SMILES string of the molecule is CC(C)n1ncnc1CC(N)c1nn(C)c2ccccc12. The Labute approximate surface area is 123 Å². The minimum absolute atomic E-state index is 0.196. The van der Waals surface area contributed by atoms with Gasteiger partial charge >= 0.3 is 0 Å². The van der Waals surface area contributed by atoms with E-state index in [0.717, 1.165) is 22.4 Å². The number of hydrogen-bond acceptors (Lipinski definition) is 4. The van der Waals surface area contributed by atoms with Crippen molar-refractivity contribution in [2.45, 2.75) is 32.4 Å². The summed E-state index contributed by atoms with van der Waals surface area (Å²) in [6.07, 6.45) is 2.21. The normalized spacial score (nSPS) is 13.2. The second-order valence-corrected chi connectivity index (χ2v) is 5.55. The molecule has 1 atom stereocenters. The summed E-state index contributed by atoms with van der Waals surface area (Å²) in [5.41, 5.74) is 8.38. The lowest BCUT2D eigenvalue weighted by Crippen LogP contribution is -2.18. The van der Waals surface area contributed by atoms with E-state index < -0.39 is 0 Å². The lowest BCUT2D eigenvalue weighted by molar-refractivity contribution is 0.491. The first-order chi connectivity index (χ1) is 10.1. The molecule has 110 valence electrons. The highest BCUT2D eigenvalue weighted by molar-refractivity contribution is 5.82. The van der Waals surface area contributed by atoms with Crippen molar-refractivity contribution < 1.29 is 0 Å². The van der Waals surface area contributed by atoms with Crippen molar-refractivity contribution in [3.05, 3.63) is 42.1 Å². The fraction of sp³-hybridized carbons (Fsp3) is 0.400. The Hall–Kier alpha value is -2.21. The van der Waals surface area contributed by atoms with E-state index >= 15 is 0 Å². The van der Waals surface area contributed by atoms with Gasteiger partial charge in [0.25, 0.3) is 0 Å². The van der Waals surface area contributed by atoms with Crippen molar-refractivity contribution in [1.29, 1.82) is 0 Å². The molecule has 0 saturated heterocycles. The first kappa shape index (κ1) is 13.8. The van der Waals surface area contributed by atoms with Crippen LogP contribution >= 0.6 is 0 Å². The van der Waals surface area contributed by atoms with Crippen LogP contribution in [0.3, 0.4) is 0 Å². The van der Waals surface area contributed by atoms with E-state index in [2.05, 4.69) is 41.2 Å². The van der Waals surface area contributed by atoms with Crippen LogP contribution in [0.4, 0.5) is 0 Å². The van der Waals surface area contributed by atoms with Crippen LogP contribution in [-0.4, -0.2) is 24.5 Å². The number of fused-ring (bicyclic) bond motifs is 1. The Morgan fingerprint density at radius 2 is 2.00 bits per heavy atom.